The zero-order chi connectivity index (χ0) is 16.2. The summed E-state index contributed by atoms with van der Waals surface area (Å²) in [6, 6.07) is 13.9. The molecule has 2 aromatic carbocycles. The van der Waals surface area contributed by atoms with E-state index in [-0.39, 0.29) is 17.0 Å². The van der Waals surface area contributed by atoms with Crippen LogP contribution in [-0.2, 0) is 0 Å². The van der Waals surface area contributed by atoms with Crippen LogP contribution in [0.1, 0.15) is 27.6 Å². The van der Waals surface area contributed by atoms with Crippen molar-refractivity contribution in [1.82, 2.24) is 4.90 Å². The highest BCUT2D eigenvalue weighted by molar-refractivity contribution is 7.99. The fraction of sp³-hybridized carbons (Fsp3) is 0.278. The van der Waals surface area contributed by atoms with E-state index in [0.717, 1.165) is 17.7 Å². The SMILES string of the molecule is O=C(c1cccc(Cl)c1)N1CCSC(c2ccccc2F)CC1. The summed E-state index contributed by atoms with van der Waals surface area (Å²) in [6.07, 6.45) is 0.748. The van der Waals surface area contributed by atoms with Crippen molar-refractivity contribution in [3.63, 3.8) is 0 Å². The maximum Gasteiger partial charge on any atom is 0.253 e. The summed E-state index contributed by atoms with van der Waals surface area (Å²) < 4.78 is 14.0. The van der Waals surface area contributed by atoms with Crippen LogP contribution in [0.5, 0.6) is 0 Å². The predicted octanol–water partition coefficient (Wildman–Crippen LogP) is 4.80. The summed E-state index contributed by atoms with van der Waals surface area (Å²) in [5, 5.41) is 0.651. The van der Waals surface area contributed by atoms with Gasteiger partial charge in [0.25, 0.3) is 5.91 Å². The largest absolute Gasteiger partial charge is 0.338 e. The maximum absolute atomic E-state index is 14.0. The highest BCUT2D eigenvalue weighted by Gasteiger charge is 2.24. The summed E-state index contributed by atoms with van der Waals surface area (Å²) in [5.41, 5.74) is 1.33. The minimum Gasteiger partial charge on any atom is -0.338 e. The smallest absolute Gasteiger partial charge is 0.253 e. The fourth-order valence-corrected chi connectivity index (χ4v) is 4.21. The Bertz CT molecular complexity index is 709. The van der Waals surface area contributed by atoms with Crippen molar-refractivity contribution in [2.24, 2.45) is 0 Å². The third-order valence-corrected chi connectivity index (χ3v) is 5.50. The molecule has 3 rings (SSSR count). The summed E-state index contributed by atoms with van der Waals surface area (Å²) in [5.74, 6) is 0.618. The lowest BCUT2D eigenvalue weighted by molar-refractivity contribution is 0.0766. The van der Waals surface area contributed by atoms with Crippen LogP contribution >= 0.6 is 23.4 Å². The molecular formula is C18H17ClFNOS. The Morgan fingerprint density at radius 1 is 1.17 bits per heavy atom. The van der Waals surface area contributed by atoms with Crippen LogP contribution in [0.3, 0.4) is 0 Å². The molecule has 2 nitrogen and oxygen atoms in total. The van der Waals surface area contributed by atoms with Crippen molar-refractivity contribution >= 4 is 29.3 Å². The lowest BCUT2D eigenvalue weighted by Crippen LogP contribution is -2.32. The van der Waals surface area contributed by atoms with Crippen LogP contribution in [-0.4, -0.2) is 29.6 Å². The molecule has 5 heteroatoms. The van der Waals surface area contributed by atoms with Crippen LogP contribution in [0, 0.1) is 5.82 Å². The van der Waals surface area contributed by atoms with Crippen molar-refractivity contribution in [2.75, 3.05) is 18.8 Å². The Labute approximate surface area is 144 Å². The van der Waals surface area contributed by atoms with Crippen LogP contribution in [0.2, 0.25) is 5.02 Å². The van der Waals surface area contributed by atoms with E-state index in [2.05, 4.69) is 0 Å². The van der Waals surface area contributed by atoms with Crippen LogP contribution in [0.25, 0.3) is 0 Å². The number of hydrogen-bond acceptors (Lipinski definition) is 2. The van der Waals surface area contributed by atoms with Gasteiger partial charge in [-0.05, 0) is 30.7 Å². The first-order chi connectivity index (χ1) is 11.1. The third-order valence-electron chi connectivity index (χ3n) is 3.95. The Balaban J connectivity index is 1.71. The maximum atomic E-state index is 14.0. The Hall–Kier alpha value is -1.52. The van der Waals surface area contributed by atoms with Gasteiger partial charge in [0, 0.05) is 40.2 Å². The fourth-order valence-electron chi connectivity index (χ4n) is 2.76. The lowest BCUT2D eigenvalue weighted by Gasteiger charge is -2.20. The van der Waals surface area contributed by atoms with Gasteiger partial charge in [0.2, 0.25) is 0 Å². The van der Waals surface area contributed by atoms with Gasteiger partial charge in [0.1, 0.15) is 5.82 Å². The van der Waals surface area contributed by atoms with Crippen LogP contribution in [0.15, 0.2) is 48.5 Å². The molecular weight excluding hydrogens is 333 g/mol. The van der Waals surface area contributed by atoms with E-state index in [4.69, 9.17) is 11.6 Å². The van der Waals surface area contributed by atoms with E-state index in [0.29, 0.717) is 23.7 Å². The lowest BCUT2D eigenvalue weighted by atomic mass is 10.1. The van der Waals surface area contributed by atoms with Gasteiger partial charge in [-0.15, -0.1) is 0 Å². The summed E-state index contributed by atoms with van der Waals surface area (Å²) in [4.78, 5) is 14.4. The Morgan fingerprint density at radius 3 is 2.78 bits per heavy atom. The van der Waals surface area contributed by atoms with Crippen molar-refractivity contribution in [1.29, 1.82) is 0 Å². The minimum absolute atomic E-state index is 0.0118. The quantitative estimate of drug-likeness (QED) is 0.776. The normalized spacial score (nSPS) is 18.5. The van der Waals surface area contributed by atoms with E-state index in [1.54, 1.807) is 42.1 Å². The molecule has 1 atom stereocenters. The van der Waals surface area contributed by atoms with Crippen molar-refractivity contribution < 1.29 is 9.18 Å². The molecule has 1 unspecified atom stereocenters. The molecule has 2 aromatic rings. The Kier molecular flexibility index (Phi) is 5.23. The number of thioether (sulfide) groups is 1. The molecule has 0 spiro atoms. The number of halogens is 2. The minimum atomic E-state index is -0.167. The molecule has 0 saturated carbocycles. The average molecular weight is 350 g/mol. The standard InChI is InChI=1S/C18H17ClFNOS/c19-14-5-3-4-13(12-14)18(22)21-9-8-17(23-11-10-21)15-6-1-2-7-16(15)20/h1-7,12,17H,8-11H2. The van der Waals surface area contributed by atoms with Crippen molar-refractivity contribution in [3.8, 4) is 0 Å². The highest BCUT2D eigenvalue weighted by atomic mass is 35.5. The number of hydrogen-bond donors (Lipinski definition) is 0. The molecule has 1 aliphatic heterocycles. The first kappa shape index (κ1) is 16.3. The second kappa shape index (κ2) is 7.37. The van der Waals surface area contributed by atoms with Crippen molar-refractivity contribution in [3.05, 3.63) is 70.5 Å². The number of nitrogens with zero attached hydrogens (tertiary/aromatic N) is 1. The van der Waals surface area contributed by atoms with Gasteiger partial charge in [0.05, 0.1) is 0 Å². The third kappa shape index (κ3) is 3.88. The number of carbonyl (C=O) groups excluding carboxylic acids is 1. The zero-order valence-corrected chi connectivity index (χ0v) is 14.1. The zero-order valence-electron chi connectivity index (χ0n) is 12.5. The summed E-state index contributed by atoms with van der Waals surface area (Å²) in [6.45, 7) is 1.29. The molecule has 0 N–H and O–H groups in total. The first-order valence-electron chi connectivity index (χ1n) is 7.56. The van der Waals surface area contributed by atoms with Gasteiger partial charge in [0.15, 0.2) is 0 Å². The summed E-state index contributed by atoms with van der Waals surface area (Å²) >= 11 is 7.68. The van der Waals surface area contributed by atoms with Crippen LogP contribution < -0.4 is 0 Å². The van der Waals surface area contributed by atoms with E-state index in [1.807, 2.05) is 17.0 Å². The van der Waals surface area contributed by atoms with Gasteiger partial charge in [-0.2, -0.15) is 11.8 Å². The molecule has 1 fully saturated rings. The molecule has 1 aliphatic rings. The monoisotopic (exact) mass is 349 g/mol. The molecule has 23 heavy (non-hydrogen) atoms. The molecule has 0 bridgehead atoms. The second-order valence-electron chi connectivity index (χ2n) is 5.47. The van der Waals surface area contributed by atoms with Crippen molar-refractivity contribution in [2.45, 2.75) is 11.7 Å². The Morgan fingerprint density at radius 2 is 2.00 bits per heavy atom. The number of rotatable bonds is 2. The highest BCUT2D eigenvalue weighted by Crippen LogP contribution is 2.35. The van der Waals surface area contributed by atoms with Gasteiger partial charge in [-0.3, -0.25) is 4.79 Å². The first-order valence-corrected chi connectivity index (χ1v) is 8.98. The predicted molar refractivity (Wildman–Crippen MR) is 93.6 cm³/mol. The van der Waals surface area contributed by atoms with Crippen LogP contribution in [0.4, 0.5) is 4.39 Å². The molecule has 0 aromatic heterocycles. The molecule has 1 amide bonds. The van der Waals surface area contributed by atoms with E-state index in [1.165, 1.54) is 6.07 Å². The van der Waals surface area contributed by atoms with Gasteiger partial charge < -0.3 is 4.90 Å². The average Bonchev–Trinajstić information content (AvgIpc) is 2.80. The van der Waals surface area contributed by atoms with Gasteiger partial charge >= 0.3 is 0 Å². The molecule has 0 aliphatic carbocycles. The number of benzene rings is 2. The summed E-state index contributed by atoms with van der Waals surface area (Å²) in [7, 11) is 0. The molecule has 1 heterocycles. The van der Waals surface area contributed by atoms with E-state index in [9.17, 15) is 9.18 Å². The second-order valence-corrected chi connectivity index (χ2v) is 7.22. The topological polar surface area (TPSA) is 20.3 Å². The van der Waals surface area contributed by atoms with Gasteiger partial charge in [-0.25, -0.2) is 4.39 Å². The van der Waals surface area contributed by atoms with E-state index < -0.39 is 0 Å². The number of carbonyl (C=O) groups is 1. The number of amides is 1. The van der Waals surface area contributed by atoms with Gasteiger partial charge in [-0.1, -0.05) is 35.9 Å². The molecule has 0 radical (unpaired) electrons. The van der Waals surface area contributed by atoms with E-state index >= 15 is 0 Å². The molecule has 1 saturated heterocycles. The molecule has 120 valence electrons.